The van der Waals surface area contributed by atoms with Crippen LogP contribution < -0.4 is 4.74 Å². The van der Waals surface area contributed by atoms with Crippen molar-refractivity contribution in [3.8, 4) is 17.1 Å². The van der Waals surface area contributed by atoms with E-state index in [1.165, 1.54) is 42.9 Å². The number of aromatic nitrogens is 3. The molecular formula is C21H28N4O3. The quantitative estimate of drug-likeness (QED) is 0.514. The minimum atomic E-state index is -0.406. The Balaban J connectivity index is 1.63. The van der Waals surface area contributed by atoms with Crippen LogP contribution in [0.1, 0.15) is 32.3 Å². The van der Waals surface area contributed by atoms with Crippen molar-refractivity contribution in [2.75, 3.05) is 26.2 Å². The zero-order valence-electron chi connectivity index (χ0n) is 16.8. The van der Waals surface area contributed by atoms with Crippen LogP contribution in [0.25, 0.3) is 17.6 Å². The molecule has 0 bridgehead atoms. The molecule has 0 N–H and O–H groups in total. The van der Waals surface area contributed by atoms with Crippen molar-refractivity contribution in [2.45, 2.75) is 39.7 Å². The van der Waals surface area contributed by atoms with Gasteiger partial charge in [0.2, 0.25) is 0 Å². The molecule has 1 aliphatic heterocycles. The zero-order valence-corrected chi connectivity index (χ0v) is 16.8. The van der Waals surface area contributed by atoms with Gasteiger partial charge in [-0.15, -0.1) is 5.10 Å². The fourth-order valence-corrected chi connectivity index (χ4v) is 3.15. The summed E-state index contributed by atoms with van der Waals surface area (Å²) >= 11 is 0. The Bertz CT molecular complexity index is 823. The van der Waals surface area contributed by atoms with Crippen molar-refractivity contribution < 1.29 is 14.3 Å². The predicted octanol–water partition coefficient (Wildman–Crippen LogP) is 3.15. The molecule has 7 heteroatoms. The monoisotopic (exact) mass is 384 g/mol. The van der Waals surface area contributed by atoms with E-state index in [1.807, 2.05) is 39.0 Å². The molecule has 1 aliphatic rings. The molecule has 2 heterocycles. The molecule has 2 aromatic rings. The Morgan fingerprint density at radius 2 is 2.04 bits per heavy atom. The highest BCUT2D eigenvalue weighted by molar-refractivity contribution is 5.85. The van der Waals surface area contributed by atoms with Gasteiger partial charge in [-0.05, 0) is 70.5 Å². The number of esters is 1. The summed E-state index contributed by atoms with van der Waals surface area (Å²) in [5, 5.41) is 4.40. The Kier molecular flexibility index (Phi) is 6.81. The molecule has 0 aliphatic carbocycles. The van der Waals surface area contributed by atoms with Gasteiger partial charge in [0.15, 0.2) is 5.82 Å². The first kappa shape index (κ1) is 20.1. The van der Waals surface area contributed by atoms with Gasteiger partial charge in [-0.2, -0.15) is 0 Å². The van der Waals surface area contributed by atoms with Crippen LogP contribution in [0, 0.1) is 6.92 Å². The van der Waals surface area contributed by atoms with E-state index in [4.69, 9.17) is 9.47 Å². The van der Waals surface area contributed by atoms with Crippen molar-refractivity contribution in [3.63, 3.8) is 0 Å². The van der Waals surface area contributed by atoms with E-state index in [1.54, 1.807) is 6.33 Å². The number of hydrogen-bond donors (Lipinski definition) is 0. The molecule has 1 saturated heterocycles. The maximum Gasteiger partial charge on any atom is 0.332 e. The molecule has 0 radical (unpaired) electrons. The van der Waals surface area contributed by atoms with E-state index in [-0.39, 0.29) is 6.10 Å². The Morgan fingerprint density at radius 1 is 1.25 bits per heavy atom. The second-order valence-corrected chi connectivity index (χ2v) is 7.28. The normalized spacial score (nSPS) is 14.9. The third kappa shape index (κ3) is 5.92. The molecule has 7 nitrogen and oxygen atoms in total. The maximum atomic E-state index is 11.6. The first-order valence-corrected chi connectivity index (χ1v) is 9.77. The lowest BCUT2D eigenvalue weighted by atomic mass is 10.1. The molecule has 1 fully saturated rings. The topological polar surface area (TPSA) is 69.5 Å². The van der Waals surface area contributed by atoms with Crippen LogP contribution in [0.4, 0.5) is 0 Å². The molecule has 0 unspecified atom stereocenters. The highest BCUT2D eigenvalue weighted by Crippen LogP contribution is 2.23. The zero-order chi connectivity index (χ0) is 19.9. The summed E-state index contributed by atoms with van der Waals surface area (Å²) in [5.41, 5.74) is 1.97. The molecule has 28 heavy (non-hydrogen) atoms. The highest BCUT2D eigenvalue weighted by atomic mass is 16.5. The van der Waals surface area contributed by atoms with Crippen LogP contribution in [0.2, 0.25) is 0 Å². The lowest BCUT2D eigenvalue weighted by Crippen LogP contribution is -2.25. The van der Waals surface area contributed by atoms with Crippen LogP contribution in [-0.2, 0) is 9.53 Å². The van der Waals surface area contributed by atoms with Gasteiger partial charge in [-0.25, -0.2) is 14.5 Å². The summed E-state index contributed by atoms with van der Waals surface area (Å²) in [6, 6.07) is 5.99. The maximum absolute atomic E-state index is 11.6. The number of carbonyl (C=O) groups excluding carboxylic acids is 1. The summed E-state index contributed by atoms with van der Waals surface area (Å²) in [6.45, 7) is 9.60. The number of ether oxygens (including phenoxy) is 2. The Morgan fingerprint density at radius 3 is 2.79 bits per heavy atom. The summed E-state index contributed by atoms with van der Waals surface area (Å²) in [5.74, 6) is 0.993. The molecule has 1 aromatic carbocycles. The molecule has 150 valence electrons. The van der Waals surface area contributed by atoms with E-state index < -0.39 is 5.97 Å². The number of hydrogen-bond acceptors (Lipinski definition) is 6. The van der Waals surface area contributed by atoms with E-state index >= 15 is 0 Å². The lowest BCUT2D eigenvalue weighted by Gasteiger charge is -2.15. The first-order chi connectivity index (χ1) is 13.5. The summed E-state index contributed by atoms with van der Waals surface area (Å²) in [6.07, 6.45) is 6.84. The van der Waals surface area contributed by atoms with Crippen molar-refractivity contribution in [1.29, 1.82) is 0 Å². The van der Waals surface area contributed by atoms with E-state index in [9.17, 15) is 4.79 Å². The third-order valence-electron chi connectivity index (χ3n) is 4.41. The van der Waals surface area contributed by atoms with Gasteiger partial charge in [0.1, 0.15) is 18.7 Å². The number of carbonyl (C=O) groups is 1. The lowest BCUT2D eigenvalue weighted by molar-refractivity contribution is -0.141. The van der Waals surface area contributed by atoms with E-state index in [0.717, 1.165) is 23.4 Å². The van der Waals surface area contributed by atoms with Gasteiger partial charge in [0.25, 0.3) is 0 Å². The smallest absolute Gasteiger partial charge is 0.332 e. The number of likely N-dealkylation sites (tertiary alicyclic amines) is 1. The number of rotatable bonds is 8. The van der Waals surface area contributed by atoms with Gasteiger partial charge < -0.3 is 9.47 Å². The number of aryl methyl sites for hydroxylation is 1. The SMILES string of the molecule is Cc1cc(OCCN2CCCC2)cc(-c2ncn(/C=C\C(=O)OC(C)C)n2)c1. The molecule has 0 atom stereocenters. The average Bonchev–Trinajstić information content (AvgIpc) is 3.31. The van der Waals surface area contributed by atoms with Crippen molar-refractivity contribution in [2.24, 2.45) is 0 Å². The largest absolute Gasteiger partial charge is 0.492 e. The van der Waals surface area contributed by atoms with Crippen LogP contribution in [-0.4, -0.2) is 58.0 Å². The molecular weight excluding hydrogens is 356 g/mol. The molecule has 3 rings (SSSR count). The minimum absolute atomic E-state index is 0.153. The molecule has 0 spiro atoms. The molecule has 0 amide bonds. The second kappa shape index (κ2) is 9.50. The van der Waals surface area contributed by atoms with Crippen LogP contribution in [0.15, 0.2) is 30.6 Å². The second-order valence-electron chi connectivity index (χ2n) is 7.28. The van der Waals surface area contributed by atoms with Crippen molar-refractivity contribution in [3.05, 3.63) is 36.2 Å². The third-order valence-corrected chi connectivity index (χ3v) is 4.41. The highest BCUT2D eigenvalue weighted by Gasteiger charge is 2.12. The number of nitrogens with zero attached hydrogens (tertiary/aromatic N) is 4. The Hall–Kier alpha value is -2.67. The van der Waals surface area contributed by atoms with Gasteiger partial charge in [-0.3, -0.25) is 4.90 Å². The van der Waals surface area contributed by atoms with Gasteiger partial charge in [0, 0.05) is 24.4 Å². The first-order valence-electron chi connectivity index (χ1n) is 9.77. The average molecular weight is 384 g/mol. The summed E-state index contributed by atoms with van der Waals surface area (Å²) < 4.78 is 12.5. The summed E-state index contributed by atoms with van der Waals surface area (Å²) in [4.78, 5) is 18.4. The van der Waals surface area contributed by atoms with E-state index in [0.29, 0.717) is 12.4 Å². The van der Waals surface area contributed by atoms with Crippen LogP contribution in [0.5, 0.6) is 5.75 Å². The fourth-order valence-electron chi connectivity index (χ4n) is 3.15. The van der Waals surface area contributed by atoms with Crippen molar-refractivity contribution >= 4 is 12.2 Å². The van der Waals surface area contributed by atoms with Crippen molar-refractivity contribution in [1.82, 2.24) is 19.7 Å². The number of benzene rings is 1. The minimum Gasteiger partial charge on any atom is -0.492 e. The molecule has 0 saturated carbocycles. The summed E-state index contributed by atoms with van der Waals surface area (Å²) in [7, 11) is 0. The predicted molar refractivity (Wildman–Crippen MR) is 108 cm³/mol. The van der Waals surface area contributed by atoms with E-state index in [2.05, 4.69) is 15.0 Å². The van der Waals surface area contributed by atoms with Gasteiger partial charge >= 0.3 is 5.97 Å². The van der Waals surface area contributed by atoms with Gasteiger partial charge in [-0.1, -0.05) is 0 Å². The standard InChI is InChI=1S/C21H28N4O3/c1-16(2)28-20(26)6-9-25-15-22-21(23-25)18-12-17(3)13-19(14-18)27-11-10-24-7-4-5-8-24/h6,9,12-16H,4-5,7-8,10-11H2,1-3H3/b9-6-. The molecule has 1 aromatic heterocycles. The fraction of sp³-hybridized carbons (Fsp3) is 0.476. The van der Waals surface area contributed by atoms with Crippen LogP contribution in [0.3, 0.4) is 0 Å². The Labute approximate surface area is 166 Å². The van der Waals surface area contributed by atoms with Crippen LogP contribution >= 0.6 is 0 Å². The van der Waals surface area contributed by atoms with Gasteiger partial charge in [0.05, 0.1) is 6.10 Å².